The molecule has 0 radical (unpaired) electrons. The monoisotopic (exact) mass is 303 g/mol. The summed E-state index contributed by atoms with van der Waals surface area (Å²) in [5.41, 5.74) is 0.476. The van der Waals surface area contributed by atoms with Crippen molar-refractivity contribution >= 4 is 24.5 Å². The van der Waals surface area contributed by atoms with Crippen LogP contribution in [0.3, 0.4) is 0 Å². The molecule has 1 aromatic heterocycles. The smallest absolute Gasteiger partial charge is 0.262 e. The Labute approximate surface area is 127 Å². The van der Waals surface area contributed by atoms with Gasteiger partial charge in [0.05, 0.1) is 5.70 Å². The molecule has 21 heavy (non-hydrogen) atoms. The van der Waals surface area contributed by atoms with E-state index in [2.05, 4.69) is 9.98 Å². The van der Waals surface area contributed by atoms with E-state index in [4.69, 9.17) is 12.2 Å². The van der Waals surface area contributed by atoms with Gasteiger partial charge in [-0.15, -0.1) is 0 Å². The van der Waals surface area contributed by atoms with E-state index in [0.717, 1.165) is 25.7 Å². The average molecular weight is 303 g/mol. The number of allylic oxidation sites excluding steroid dienone is 2. The summed E-state index contributed by atoms with van der Waals surface area (Å²) in [4.78, 5) is 18.8. The first-order valence-electron chi connectivity index (χ1n) is 7.17. The molecule has 0 amide bonds. The van der Waals surface area contributed by atoms with E-state index in [9.17, 15) is 9.90 Å². The zero-order valence-corrected chi connectivity index (χ0v) is 12.4. The first-order chi connectivity index (χ1) is 10.2. The summed E-state index contributed by atoms with van der Waals surface area (Å²) in [6.45, 7) is 0. The van der Waals surface area contributed by atoms with Crippen LogP contribution in [0.25, 0.3) is 6.08 Å². The topological polar surface area (TPSA) is 70.4 Å². The summed E-state index contributed by atoms with van der Waals surface area (Å²) in [5, 5.41) is 10.5. The lowest BCUT2D eigenvalue weighted by atomic mass is 9.95. The molecule has 2 N–H and O–H groups in total. The number of H-pyrrole nitrogens is 1. The SMILES string of the molecule is O=c1[nH]c(=S)n(C2CCCCC2)c(O)c1/C=C1/C=CC=N1. The van der Waals surface area contributed by atoms with Crippen molar-refractivity contribution in [1.29, 1.82) is 0 Å². The normalized spacial score (nSPS) is 20.5. The second-order valence-corrected chi connectivity index (χ2v) is 5.75. The van der Waals surface area contributed by atoms with E-state index in [1.807, 2.05) is 0 Å². The van der Waals surface area contributed by atoms with Crippen LogP contribution in [0, 0.1) is 4.77 Å². The van der Waals surface area contributed by atoms with Crippen LogP contribution in [0.2, 0.25) is 0 Å². The number of nitrogens with zero attached hydrogens (tertiary/aromatic N) is 2. The third kappa shape index (κ3) is 2.76. The molecule has 0 saturated heterocycles. The molecule has 1 aliphatic carbocycles. The van der Waals surface area contributed by atoms with Crippen molar-refractivity contribution in [1.82, 2.24) is 9.55 Å². The van der Waals surface area contributed by atoms with Crippen LogP contribution in [-0.4, -0.2) is 20.9 Å². The largest absolute Gasteiger partial charge is 0.494 e. The Hall–Kier alpha value is -1.95. The summed E-state index contributed by atoms with van der Waals surface area (Å²) >= 11 is 5.23. The molecule has 2 heterocycles. The molecule has 0 spiro atoms. The van der Waals surface area contributed by atoms with Crippen LogP contribution < -0.4 is 5.56 Å². The number of aromatic hydroxyl groups is 1. The highest BCUT2D eigenvalue weighted by Gasteiger charge is 2.21. The van der Waals surface area contributed by atoms with Gasteiger partial charge in [0.15, 0.2) is 4.77 Å². The summed E-state index contributed by atoms with van der Waals surface area (Å²) < 4.78 is 1.97. The number of aromatic nitrogens is 2. The molecule has 110 valence electrons. The molecule has 2 aliphatic rings. The highest BCUT2D eigenvalue weighted by Crippen LogP contribution is 2.32. The number of hydrogen-bond acceptors (Lipinski definition) is 4. The van der Waals surface area contributed by atoms with Gasteiger partial charge in [0, 0.05) is 12.3 Å². The van der Waals surface area contributed by atoms with E-state index >= 15 is 0 Å². The fourth-order valence-corrected chi connectivity index (χ4v) is 3.24. The summed E-state index contributed by atoms with van der Waals surface area (Å²) in [5.74, 6) is -0.0568. The Balaban J connectivity index is 2.11. The minimum atomic E-state index is -0.382. The predicted octanol–water partition coefficient (Wildman–Crippen LogP) is 3.10. The number of rotatable bonds is 2. The first kappa shape index (κ1) is 14.0. The van der Waals surface area contributed by atoms with Gasteiger partial charge in [-0.05, 0) is 43.3 Å². The van der Waals surface area contributed by atoms with Crippen LogP contribution in [0.5, 0.6) is 5.88 Å². The highest BCUT2D eigenvalue weighted by atomic mass is 32.1. The van der Waals surface area contributed by atoms with Crippen LogP contribution in [0.1, 0.15) is 43.7 Å². The number of aliphatic imine (C=N–C) groups is 1. The first-order valence-corrected chi connectivity index (χ1v) is 7.58. The molecule has 0 bridgehead atoms. The maximum absolute atomic E-state index is 12.1. The van der Waals surface area contributed by atoms with E-state index in [1.165, 1.54) is 6.42 Å². The third-order valence-electron chi connectivity index (χ3n) is 3.96. The standard InChI is InChI=1S/C15H17N3O2S/c19-13-12(9-10-5-4-8-16-10)14(20)18(15(21)17-13)11-6-2-1-3-7-11/h4-5,8-9,11,20H,1-3,6-7H2,(H,17,19,21)/b10-9-. The van der Waals surface area contributed by atoms with Gasteiger partial charge in [-0.2, -0.15) is 0 Å². The van der Waals surface area contributed by atoms with Crippen molar-refractivity contribution in [2.24, 2.45) is 4.99 Å². The van der Waals surface area contributed by atoms with Crippen molar-refractivity contribution in [3.8, 4) is 5.88 Å². The van der Waals surface area contributed by atoms with Crippen molar-refractivity contribution in [3.05, 3.63) is 38.5 Å². The van der Waals surface area contributed by atoms with Crippen LogP contribution in [-0.2, 0) is 0 Å². The van der Waals surface area contributed by atoms with Gasteiger partial charge in [-0.1, -0.05) is 19.3 Å². The van der Waals surface area contributed by atoms with Crippen molar-refractivity contribution in [3.63, 3.8) is 0 Å². The summed E-state index contributed by atoms with van der Waals surface area (Å²) in [6.07, 6.45) is 12.2. The third-order valence-corrected chi connectivity index (χ3v) is 4.26. The molecule has 0 atom stereocenters. The summed E-state index contributed by atoms with van der Waals surface area (Å²) in [7, 11) is 0. The fourth-order valence-electron chi connectivity index (χ4n) is 2.91. The van der Waals surface area contributed by atoms with Crippen LogP contribution in [0.15, 0.2) is 27.6 Å². The minimum absolute atomic E-state index is 0.0568. The van der Waals surface area contributed by atoms with Crippen molar-refractivity contribution in [2.45, 2.75) is 38.1 Å². The molecule has 0 aromatic carbocycles. The van der Waals surface area contributed by atoms with Gasteiger partial charge in [0.2, 0.25) is 5.88 Å². The molecule has 1 saturated carbocycles. The molecular formula is C15H17N3O2S. The Morgan fingerprint density at radius 2 is 2.14 bits per heavy atom. The molecule has 5 nitrogen and oxygen atoms in total. The quantitative estimate of drug-likeness (QED) is 0.825. The maximum atomic E-state index is 12.1. The molecular weight excluding hydrogens is 286 g/mol. The highest BCUT2D eigenvalue weighted by molar-refractivity contribution is 7.71. The van der Waals surface area contributed by atoms with Gasteiger partial charge < -0.3 is 5.11 Å². The Morgan fingerprint density at radius 3 is 2.81 bits per heavy atom. The number of hydrogen-bond donors (Lipinski definition) is 2. The van der Waals surface area contributed by atoms with E-state index in [1.54, 1.807) is 29.0 Å². The van der Waals surface area contributed by atoms with Crippen molar-refractivity contribution in [2.75, 3.05) is 0 Å². The molecule has 6 heteroatoms. The average Bonchev–Trinajstić information content (AvgIpc) is 2.97. The van der Waals surface area contributed by atoms with E-state index < -0.39 is 0 Å². The molecule has 1 aromatic rings. The lowest BCUT2D eigenvalue weighted by Gasteiger charge is -2.25. The lowest BCUT2D eigenvalue weighted by Crippen LogP contribution is -2.21. The molecule has 1 aliphatic heterocycles. The zero-order chi connectivity index (χ0) is 14.8. The minimum Gasteiger partial charge on any atom is -0.494 e. The van der Waals surface area contributed by atoms with Gasteiger partial charge in [-0.25, -0.2) is 0 Å². The van der Waals surface area contributed by atoms with Crippen molar-refractivity contribution < 1.29 is 5.11 Å². The molecule has 1 fully saturated rings. The number of nitrogens with one attached hydrogen (secondary N) is 1. The Kier molecular flexibility index (Phi) is 3.88. The molecule has 3 rings (SSSR count). The Bertz CT molecular complexity index is 735. The summed E-state index contributed by atoms with van der Waals surface area (Å²) in [6, 6.07) is 0.155. The van der Waals surface area contributed by atoms with Crippen LogP contribution >= 0.6 is 12.2 Å². The zero-order valence-electron chi connectivity index (χ0n) is 11.6. The van der Waals surface area contributed by atoms with Gasteiger partial charge >= 0.3 is 0 Å². The second kappa shape index (κ2) is 5.81. The maximum Gasteiger partial charge on any atom is 0.262 e. The van der Waals surface area contributed by atoms with Gasteiger partial charge in [0.25, 0.3) is 5.56 Å². The lowest BCUT2D eigenvalue weighted by molar-refractivity contribution is 0.302. The van der Waals surface area contributed by atoms with E-state index in [0.29, 0.717) is 5.70 Å². The van der Waals surface area contributed by atoms with Gasteiger partial charge in [-0.3, -0.25) is 19.3 Å². The Morgan fingerprint density at radius 1 is 1.38 bits per heavy atom. The second-order valence-electron chi connectivity index (χ2n) is 5.36. The molecule has 0 unspecified atom stereocenters. The van der Waals surface area contributed by atoms with E-state index in [-0.39, 0.29) is 27.8 Å². The predicted molar refractivity (Wildman–Crippen MR) is 85.3 cm³/mol. The van der Waals surface area contributed by atoms with Gasteiger partial charge in [0.1, 0.15) is 5.56 Å². The number of aromatic amines is 1. The van der Waals surface area contributed by atoms with Crippen LogP contribution in [0.4, 0.5) is 0 Å². The fraction of sp³-hybridized carbons (Fsp3) is 0.400.